The highest BCUT2D eigenvalue weighted by Gasteiger charge is 2.40. The molecule has 1 N–H and O–H groups in total. The van der Waals surface area contributed by atoms with E-state index in [0.29, 0.717) is 0 Å². The molecule has 260 valence electrons. The highest BCUT2D eigenvalue weighted by Crippen LogP contribution is 2.43. The minimum atomic E-state index is 0.150. The molecule has 4 nitrogen and oxygen atoms in total. The van der Waals surface area contributed by atoms with E-state index in [4.69, 9.17) is 4.99 Å². The van der Waals surface area contributed by atoms with Gasteiger partial charge in [0.25, 0.3) is 11.7 Å². The molecule has 2 aliphatic carbocycles. The summed E-state index contributed by atoms with van der Waals surface area (Å²) in [5.74, 6) is 2.06. The first-order valence-corrected chi connectivity index (χ1v) is 19.1. The fourth-order valence-electron chi connectivity index (χ4n) is 8.27. The Kier molecular flexibility index (Phi) is 8.31. The van der Waals surface area contributed by atoms with Gasteiger partial charge < -0.3 is 4.90 Å². The van der Waals surface area contributed by atoms with Gasteiger partial charge in [-0.25, -0.2) is 4.58 Å². The Bertz CT molecular complexity index is 2540. The SMILES string of the molecule is C1=CCCC(N2C(c3ccccc3)NC2c2ccc(-c3ccc4ccc(-c5ccc(C6=[N+](C7C=CC=CC7)C(c7ccccc7)=N6)cc5)cc4c3)cc2)=C1. The van der Waals surface area contributed by atoms with Crippen LogP contribution in [0.15, 0.2) is 199 Å². The summed E-state index contributed by atoms with van der Waals surface area (Å²) >= 11 is 0. The Morgan fingerprint density at radius 3 is 1.83 bits per heavy atom. The van der Waals surface area contributed by atoms with E-state index < -0.39 is 0 Å². The van der Waals surface area contributed by atoms with Crippen molar-refractivity contribution < 1.29 is 4.58 Å². The Morgan fingerprint density at radius 1 is 0.556 bits per heavy atom. The maximum absolute atomic E-state index is 5.05. The minimum absolute atomic E-state index is 0.150. The Balaban J connectivity index is 0.895. The molecule has 3 unspecified atom stereocenters. The van der Waals surface area contributed by atoms with Gasteiger partial charge in [-0.3, -0.25) is 5.32 Å². The fraction of sp³-hybridized carbons (Fsp3) is 0.120. The van der Waals surface area contributed by atoms with E-state index in [9.17, 15) is 0 Å². The smallest absolute Gasteiger partial charge is 0.274 e. The van der Waals surface area contributed by atoms with Crippen LogP contribution in [0.25, 0.3) is 33.0 Å². The second-order valence-corrected chi connectivity index (χ2v) is 14.5. The predicted octanol–water partition coefficient (Wildman–Crippen LogP) is 11.1. The third kappa shape index (κ3) is 5.95. The zero-order valence-electron chi connectivity index (χ0n) is 30.1. The van der Waals surface area contributed by atoms with Crippen LogP contribution in [0.1, 0.15) is 53.8 Å². The highest BCUT2D eigenvalue weighted by molar-refractivity contribution is 6.15. The van der Waals surface area contributed by atoms with Gasteiger partial charge >= 0.3 is 0 Å². The monoisotopic (exact) mass is 697 g/mol. The molecular formula is C50H41N4+. The number of aliphatic imine (C=N–C) groups is 1. The number of nitrogens with zero attached hydrogens (tertiary/aromatic N) is 3. The number of allylic oxidation sites excluding steroid dienone is 6. The third-order valence-corrected chi connectivity index (χ3v) is 11.2. The van der Waals surface area contributed by atoms with E-state index in [1.165, 1.54) is 49.9 Å². The van der Waals surface area contributed by atoms with E-state index in [-0.39, 0.29) is 18.4 Å². The van der Waals surface area contributed by atoms with Crippen molar-refractivity contribution in [2.24, 2.45) is 4.99 Å². The predicted molar refractivity (Wildman–Crippen MR) is 222 cm³/mol. The molecule has 0 aromatic heterocycles. The topological polar surface area (TPSA) is 30.6 Å². The lowest BCUT2D eigenvalue weighted by Crippen LogP contribution is -2.56. The maximum Gasteiger partial charge on any atom is 0.274 e. The standard InChI is InChI=1S/C50H41N4/c1-5-13-38(14-6-1)47-51-49(53(47)45-17-9-3-10-18-45)40-27-21-35(22-28-40)42-31-25-37-26-32-43(34-44(37)33-42)36-23-29-41(30-24-36)50-52-48(39-15-7-2-8-16-39)54(50)46-19-11-4-12-20-46/h1-11,13-17,19,21-34,45,48,50,52H,12,18,20H2/q+1. The molecule has 6 aromatic rings. The molecule has 2 heterocycles. The summed E-state index contributed by atoms with van der Waals surface area (Å²) in [4.78, 5) is 7.61. The van der Waals surface area contributed by atoms with Crippen molar-refractivity contribution in [1.82, 2.24) is 10.2 Å². The molecular weight excluding hydrogens is 657 g/mol. The Hall–Kier alpha value is -6.36. The number of hydrogen-bond donors (Lipinski definition) is 1. The summed E-state index contributed by atoms with van der Waals surface area (Å²) in [7, 11) is 0. The maximum atomic E-state index is 5.05. The second-order valence-electron chi connectivity index (χ2n) is 14.5. The van der Waals surface area contributed by atoms with E-state index in [1.54, 1.807) is 0 Å². The van der Waals surface area contributed by atoms with E-state index in [0.717, 1.165) is 42.1 Å². The summed E-state index contributed by atoms with van der Waals surface area (Å²) in [5, 5.41) is 6.33. The summed E-state index contributed by atoms with van der Waals surface area (Å²) in [5.41, 5.74) is 11.1. The fourth-order valence-corrected chi connectivity index (χ4v) is 8.27. The number of rotatable bonds is 8. The molecule has 1 fully saturated rings. The zero-order chi connectivity index (χ0) is 35.8. The molecule has 0 saturated carbocycles. The van der Waals surface area contributed by atoms with E-state index >= 15 is 0 Å². The van der Waals surface area contributed by atoms with Crippen molar-refractivity contribution in [3.63, 3.8) is 0 Å². The molecule has 54 heavy (non-hydrogen) atoms. The van der Waals surface area contributed by atoms with Gasteiger partial charge in [0.15, 0.2) is 0 Å². The summed E-state index contributed by atoms with van der Waals surface area (Å²) in [6.45, 7) is 0. The zero-order valence-corrected chi connectivity index (χ0v) is 30.1. The van der Waals surface area contributed by atoms with Crippen molar-refractivity contribution in [3.8, 4) is 22.3 Å². The van der Waals surface area contributed by atoms with E-state index in [1.807, 2.05) is 0 Å². The minimum Gasteiger partial charge on any atom is -0.336 e. The van der Waals surface area contributed by atoms with Crippen LogP contribution >= 0.6 is 0 Å². The highest BCUT2D eigenvalue weighted by atomic mass is 15.5. The second kappa shape index (κ2) is 13.9. The van der Waals surface area contributed by atoms with Gasteiger partial charge in [-0.1, -0.05) is 145 Å². The van der Waals surface area contributed by atoms with Crippen LogP contribution in [0.5, 0.6) is 0 Å². The molecule has 3 atom stereocenters. The molecule has 1 saturated heterocycles. The van der Waals surface area contributed by atoms with Gasteiger partial charge in [-0.15, -0.1) is 0 Å². The van der Waals surface area contributed by atoms with Gasteiger partial charge in [0.05, 0.1) is 11.1 Å². The number of amidine groups is 2. The van der Waals surface area contributed by atoms with Crippen molar-refractivity contribution >= 4 is 22.4 Å². The quantitative estimate of drug-likeness (QED) is 0.161. The van der Waals surface area contributed by atoms with Crippen molar-refractivity contribution in [3.05, 3.63) is 216 Å². The number of fused-ring (bicyclic) bond motifs is 1. The van der Waals surface area contributed by atoms with Crippen LogP contribution in [0.3, 0.4) is 0 Å². The molecule has 0 amide bonds. The van der Waals surface area contributed by atoms with Crippen molar-refractivity contribution in [2.75, 3.05) is 0 Å². The van der Waals surface area contributed by atoms with Crippen LogP contribution < -0.4 is 5.32 Å². The van der Waals surface area contributed by atoms with Crippen LogP contribution in [0.4, 0.5) is 0 Å². The van der Waals surface area contributed by atoms with Crippen LogP contribution in [0.2, 0.25) is 0 Å². The summed E-state index contributed by atoms with van der Waals surface area (Å²) in [6, 6.07) is 53.2. The van der Waals surface area contributed by atoms with Gasteiger partial charge in [0.2, 0.25) is 0 Å². The largest absolute Gasteiger partial charge is 0.336 e. The molecule has 4 heteroatoms. The lowest BCUT2D eigenvalue weighted by atomic mass is 9.94. The van der Waals surface area contributed by atoms with Gasteiger partial charge in [-0.2, -0.15) is 0 Å². The number of nitrogens with one attached hydrogen (secondary N) is 1. The number of hydrogen-bond acceptors (Lipinski definition) is 3. The van der Waals surface area contributed by atoms with E-state index in [2.05, 4.69) is 203 Å². The van der Waals surface area contributed by atoms with Gasteiger partial charge in [0.1, 0.15) is 18.4 Å². The van der Waals surface area contributed by atoms with Crippen LogP contribution in [-0.2, 0) is 0 Å². The van der Waals surface area contributed by atoms with Crippen molar-refractivity contribution in [2.45, 2.75) is 37.6 Å². The summed E-state index contributed by atoms with van der Waals surface area (Å²) < 4.78 is 2.39. The Labute approximate surface area is 317 Å². The molecule has 10 rings (SSSR count). The van der Waals surface area contributed by atoms with Gasteiger partial charge in [0, 0.05) is 12.1 Å². The van der Waals surface area contributed by atoms with Crippen LogP contribution in [0, 0.1) is 0 Å². The molecule has 6 aromatic carbocycles. The molecule has 4 aliphatic rings. The first-order valence-electron chi connectivity index (χ1n) is 19.1. The normalized spacial score (nSPS) is 20.4. The number of benzene rings is 6. The average Bonchev–Trinajstić information content (AvgIpc) is 3.22. The molecule has 0 radical (unpaired) electrons. The lowest BCUT2D eigenvalue weighted by molar-refractivity contribution is -0.450. The third-order valence-electron chi connectivity index (χ3n) is 11.2. The van der Waals surface area contributed by atoms with Crippen molar-refractivity contribution in [1.29, 1.82) is 0 Å². The molecule has 0 bridgehead atoms. The summed E-state index contributed by atoms with van der Waals surface area (Å²) in [6.07, 6.45) is 19.0. The Morgan fingerprint density at radius 2 is 1.19 bits per heavy atom. The lowest BCUT2D eigenvalue weighted by Gasteiger charge is -2.53. The first kappa shape index (κ1) is 32.3. The average molecular weight is 698 g/mol. The van der Waals surface area contributed by atoms with Gasteiger partial charge in [-0.05, 0) is 106 Å². The molecule has 2 aliphatic heterocycles. The van der Waals surface area contributed by atoms with Crippen LogP contribution in [-0.4, -0.2) is 27.2 Å². The molecule has 0 spiro atoms. The first-order chi connectivity index (χ1) is 26.8.